The Bertz CT molecular complexity index is 1090. The Balaban J connectivity index is 1.92. The van der Waals surface area contributed by atoms with E-state index in [-0.39, 0.29) is 25.1 Å². The second-order valence-electron chi connectivity index (χ2n) is 8.67. The molecule has 2 N–H and O–H groups in total. The summed E-state index contributed by atoms with van der Waals surface area (Å²) >= 11 is 0. The van der Waals surface area contributed by atoms with Crippen LogP contribution in [0, 0.1) is 21.4 Å². The van der Waals surface area contributed by atoms with Crippen molar-refractivity contribution < 1.29 is 23.6 Å². The number of non-ortho nitro benzene ring substituents is 1. The number of carbonyl (C=O) groups is 2. The highest BCUT2D eigenvalue weighted by Crippen LogP contribution is 2.26. The third-order valence-electron chi connectivity index (χ3n) is 5.06. The van der Waals surface area contributed by atoms with Crippen LogP contribution in [0.15, 0.2) is 24.4 Å². The molecule has 0 saturated carbocycles. The summed E-state index contributed by atoms with van der Waals surface area (Å²) in [5, 5.41) is 23.5. The van der Waals surface area contributed by atoms with E-state index in [1.54, 1.807) is 33.0 Å². The first-order valence-electron chi connectivity index (χ1n) is 10.1. The van der Waals surface area contributed by atoms with E-state index in [0.717, 1.165) is 4.90 Å². The zero-order chi connectivity index (χ0) is 23.6. The summed E-state index contributed by atoms with van der Waals surface area (Å²) in [5.41, 5.74) is 0.230. The number of rotatable bonds is 5. The van der Waals surface area contributed by atoms with Crippen LogP contribution in [-0.4, -0.2) is 57.2 Å². The molecule has 1 aliphatic heterocycles. The minimum atomic E-state index is -1.33. The molecule has 0 radical (unpaired) electrons. The number of nitrogens with zero attached hydrogens (tertiary/aromatic N) is 3. The smallest absolute Gasteiger partial charge is 0.408 e. The molecule has 2 aromatic rings. The molecule has 170 valence electrons. The van der Waals surface area contributed by atoms with Crippen LogP contribution >= 0.6 is 0 Å². The zero-order valence-corrected chi connectivity index (χ0v) is 17.9. The summed E-state index contributed by atoms with van der Waals surface area (Å²) in [6.45, 7) is 4.76. The number of nitro benzene ring substituents is 1. The number of nitriles is 1. The van der Waals surface area contributed by atoms with Crippen molar-refractivity contribution in [3.63, 3.8) is 0 Å². The van der Waals surface area contributed by atoms with E-state index in [0.29, 0.717) is 16.5 Å². The van der Waals surface area contributed by atoms with Gasteiger partial charge < -0.3 is 19.9 Å². The fourth-order valence-corrected chi connectivity index (χ4v) is 3.67. The van der Waals surface area contributed by atoms with Gasteiger partial charge >= 0.3 is 6.09 Å². The normalized spacial score (nSPS) is 19.4. The Labute approximate surface area is 183 Å². The van der Waals surface area contributed by atoms with Crippen LogP contribution < -0.4 is 5.32 Å². The first kappa shape index (κ1) is 23.0. The number of nitrogens with one attached hydrogen (secondary N) is 2. The topological polar surface area (TPSA) is 141 Å². The summed E-state index contributed by atoms with van der Waals surface area (Å²) in [4.78, 5) is 40.3. The first-order valence-corrected chi connectivity index (χ1v) is 10.1. The van der Waals surface area contributed by atoms with Crippen molar-refractivity contribution >= 4 is 28.6 Å². The number of fused-ring (bicyclic) bond motifs is 1. The molecular formula is C21H24FN5O5. The number of benzene rings is 1. The second kappa shape index (κ2) is 8.82. The lowest BCUT2D eigenvalue weighted by atomic mass is 10.0. The van der Waals surface area contributed by atoms with Gasteiger partial charge in [0.1, 0.15) is 23.9 Å². The molecule has 0 spiro atoms. The number of halogens is 1. The van der Waals surface area contributed by atoms with Gasteiger partial charge in [-0.2, -0.15) is 5.26 Å². The molecule has 32 heavy (non-hydrogen) atoms. The van der Waals surface area contributed by atoms with E-state index in [2.05, 4.69) is 10.3 Å². The van der Waals surface area contributed by atoms with Gasteiger partial charge in [0.2, 0.25) is 5.91 Å². The van der Waals surface area contributed by atoms with E-state index in [1.807, 2.05) is 6.07 Å². The van der Waals surface area contributed by atoms with Gasteiger partial charge in [-0.3, -0.25) is 14.9 Å². The number of hydrogen-bond acceptors (Lipinski definition) is 6. The van der Waals surface area contributed by atoms with Crippen LogP contribution in [0.2, 0.25) is 0 Å². The molecule has 0 bridgehead atoms. The maximum atomic E-state index is 13.9. The summed E-state index contributed by atoms with van der Waals surface area (Å²) in [6, 6.07) is 4.10. The summed E-state index contributed by atoms with van der Waals surface area (Å²) in [7, 11) is 0. The second-order valence-corrected chi connectivity index (χ2v) is 8.67. The fraction of sp³-hybridized carbons (Fsp3) is 0.476. The van der Waals surface area contributed by atoms with Crippen molar-refractivity contribution in [1.82, 2.24) is 15.2 Å². The minimum Gasteiger partial charge on any atom is -0.444 e. The van der Waals surface area contributed by atoms with E-state index < -0.39 is 40.8 Å². The molecule has 3 rings (SSSR count). The molecular weight excluding hydrogens is 421 g/mol. The maximum absolute atomic E-state index is 13.9. The quantitative estimate of drug-likeness (QED) is 0.535. The molecule has 10 nitrogen and oxygen atoms in total. The monoisotopic (exact) mass is 445 g/mol. The number of alkyl carbamates (subject to hydrolysis) is 1. The summed E-state index contributed by atoms with van der Waals surface area (Å²) in [6.07, 6.45) is -0.714. The largest absolute Gasteiger partial charge is 0.444 e. The van der Waals surface area contributed by atoms with Gasteiger partial charge in [0, 0.05) is 42.1 Å². The van der Waals surface area contributed by atoms with Crippen molar-refractivity contribution in [2.24, 2.45) is 0 Å². The van der Waals surface area contributed by atoms with Crippen LogP contribution in [0.4, 0.5) is 14.9 Å². The third kappa shape index (κ3) is 5.14. The highest BCUT2D eigenvalue weighted by Gasteiger charge is 2.39. The maximum Gasteiger partial charge on any atom is 0.408 e. The van der Waals surface area contributed by atoms with E-state index in [4.69, 9.17) is 4.74 Å². The summed E-state index contributed by atoms with van der Waals surface area (Å²) < 4.78 is 19.2. The Morgan fingerprint density at radius 3 is 2.81 bits per heavy atom. The molecule has 1 aromatic heterocycles. The zero-order valence-electron chi connectivity index (χ0n) is 17.9. The van der Waals surface area contributed by atoms with Gasteiger partial charge in [0.05, 0.1) is 17.5 Å². The van der Waals surface area contributed by atoms with Crippen molar-refractivity contribution in [2.45, 2.75) is 57.5 Å². The highest BCUT2D eigenvalue weighted by atomic mass is 19.1. The van der Waals surface area contributed by atoms with Crippen LogP contribution in [0.25, 0.3) is 10.9 Å². The van der Waals surface area contributed by atoms with Gasteiger partial charge in [0.15, 0.2) is 0 Å². The Morgan fingerprint density at radius 1 is 1.47 bits per heavy atom. The molecule has 0 aliphatic carbocycles. The fourth-order valence-electron chi connectivity index (χ4n) is 3.67. The van der Waals surface area contributed by atoms with Crippen LogP contribution in [-0.2, 0) is 16.0 Å². The predicted molar refractivity (Wildman–Crippen MR) is 112 cm³/mol. The summed E-state index contributed by atoms with van der Waals surface area (Å²) in [5.74, 6) is -0.623. The van der Waals surface area contributed by atoms with Gasteiger partial charge in [-0.1, -0.05) is 0 Å². The minimum absolute atomic E-state index is 0.0369. The number of likely N-dealkylation sites (tertiary alicyclic amines) is 1. The Morgan fingerprint density at radius 2 is 2.19 bits per heavy atom. The average Bonchev–Trinajstić information content (AvgIpc) is 3.28. The number of hydrogen-bond donors (Lipinski definition) is 2. The van der Waals surface area contributed by atoms with Crippen molar-refractivity contribution in [2.75, 3.05) is 6.54 Å². The molecule has 1 saturated heterocycles. The van der Waals surface area contributed by atoms with Gasteiger partial charge in [-0.15, -0.1) is 0 Å². The van der Waals surface area contributed by atoms with Crippen LogP contribution in [0.5, 0.6) is 0 Å². The van der Waals surface area contributed by atoms with Crippen molar-refractivity contribution in [3.8, 4) is 6.07 Å². The molecule has 3 atom stereocenters. The van der Waals surface area contributed by atoms with Gasteiger partial charge in [-0.25, -0.2) is 9.18 Å². The number of H-pyrrole nitrogens is 1. The number of aromatic nitrogens is 1. The highest BCUT2D eigenvalue weighted by molar-refractivity contribution is 5.89. The molecule has 2 heterocycles. The number of alkyl halides is 1. The van der Waals surface area contributed by atoms with E-state index in [1.165, 1.54) is 12.1 Å². The molecule has 2 amide bonds. The molecule has 1 aliphatic rings. The average molecular weight is 445 g/mol. The van der Waals surface area contributed by atoms with Gasteiger partial charge in [-0.05, 0) is 32.4 Å². The van der Waals surface area contributed by atoms with Crippen molar-refractivity contribution in [1.29, 1.82) is 5.26 Å². The first-order chi connectivity index (χ1) is 15.0. The Hall–Kier alpha value is -3.68. The number of aromatic amines is 1. The lowest BCUT2D eigenvalue weighted by molar-refractivity contribution is -0.384. The molecule has 11 heteroatoms. The molecule has 3 unspecified atom stereocenters. The lowest BCUT2D eigenvalue weighted by Crippen LogP contribution is -2.52. The lowest BCUT2D eigenvalue weighted by Gasteiger charge is -2.27. The van der Waals surface area contributed by atoms with Gasteiger partial charge in [0.25, 0.3) is 5.69 Å². The Kier molecular flexibility index (Phi) is 6.34. The van der Waals surface area contributed by atoms with E-state index in [9.17, 15) is 29.4 Å². The number of amides is 2. The van der Waals surface area contributed by atoms with Crippen molar-refractivity contribution in [3.05, 3.63) is 40.1 Å². The predicted octanol–water partition coefficient (Wildman–Crippen LogP) is 2.97. The van der Waals surface area contributed by atoms with Crippen LogP contribution in [0.3, 0.4) is 0 Å². The van der Waals surface area contributed by atoms with Crippen LogP contribution in [0.1, 0.15) is 32.8 Å². The molecule has 1 fully saturated rings. The number of ether oxygens (including phenoxy) is 1. The number of nitro groups is 1. The SMILES string of the molecule is CC(C)(C)OC(=O)NC(Cc1c[nH]c2ccc([N+](=O)[O-])cc12)C(=O)N1CC(F)CC1C#N. The number of carbonyl (C=O) groups excluding carboxylic acids is 2. The van der Waals surface area contributed by atoms with E-state index >= 15 is 0 Å². The third-order valence-corrected chi connectivity index (χ3v) is 5.06. The standard InChI is InChI=1S/C21H24FN5O5/c1-21(2,3)32-20(29)25-18(19(28)26-11-13(22)7-15(26)9-23)6-12-10-24-17-5-4-14(27(30)31)8-16(12)17/h4-5,8,10,13,15,18,24H,6-7,11H2,1-3H3,(H,25,29). The molecule has 1 aromatic carbocycles.